The molecule has 3 heterocycles. The van der Waals surface area contributed by atoms with E-state index in [0.717, 1.165) is 50.3 Å². The summed E-state index contributed by atoms with van der Waals surface area (Å²) in [7, 11) is 1.69. The monoisotopic (exact) mass is 409 g/mol. The predicted octanol–water partition coefficient (Wildman–Crippen LogP) is 2.15. The third-order valence-electron chi connectivity index (χ3n) is 5.72. The Morgan fingerprint density at radius 2 is 2.07 bits per heavy atom. The SMILES string of the molecule is COc1ccc2[nH]cc(CNCC3CCN(c4ncc(C(=O)CO)cn4)CC3)c2c1. The summed E-state index contributed by atoms with van der Waals surface area (Å²) in [6.07, 6.45) is 7.17. The molecular formula is C22H27N5O3. The van der Waals surface area contributed by atoms with Crippen molar-refractivity contribution in [2.24, 2.45) is 5.92 Å². The van der Waals surface area contributed by atoms with Crippen LogP contribution in [-0.2, 0) is 6.54 Å². The van der Waals surface area contributed by atoms with Crippen LogP contribution in [0.2, 0.25) is 0 Å². The normalized spacial score (nSPS) is 14.9. The minimum Gasteiger partial charge on any atom is -0.497 e. The second-order valence-corrected chi connectivity index (χ2v) is 7.64. The van der Waals surface area contributed by atoms with E-state index < -0.39 is 6.61 Å². The molecule has 0 atom stereocenters. The molecule has 4 rings (SSSR count). The smallest absolute Gasteiger partial charge is 0.225 e. The number of carbonyl (C=O) groups excluding carboxylic acids is 1. The Bertz CT molecular complexity index is 994. The number of ketones is 1. The van der Waals surface area contributed by atoms with Crippen molar-refractivity contribution < 1.29 is 14.6 Å². The Kier molecular flexibility index (Phi) is 6.25. The number of hydrogen-bond acceptors (Lipinski definition) is 7. The Balaban J connectivity index is 1.26. The van der Waals surface area contributed by atoms with E-state index >= 15 is 0 Å². The molecule has 2 aromatic heterocycles. The number of hydrogen-bond donors (Lipinski definition) is 3. The van der Waals surface area contributed by atoms with Crippen molar-refractivity contribution in [3.8, 4) is 5.75 Å². The van der Waals surface area contributed by atoms with Gasteiger partial charge in [-0.2, -0.15) is 0 Å². The third kappa shape index (κ3) is 4.44. The fourth-order valence-corrected chi connectivity index (χ4v) is 3.90. The summed E-state index contributed by atoms with van der Waals surface area (Å²) in [5.74, 6) is 1.76. The lowest BCUT2D eigenvalue weighted by atomic mass is 9.97. The van der Waals surface area contributed by atoms with Gasteiger partial charge in [0.1, 0.15) is 12.4 Å². The third-order valence-corrected chi connectivity index (χ3v) is 5.72. The van der Waals surface area contributed by atoms with Crippen LogP contribution in [-0.4, -0.2) is 59.2 Å². The number of nitrogens with zero attached hydrogens (tertiary/aromatic N) is 3. The number of aliphatic hydroxyl groups excluding tert-OH is 1. The van der Waals surface area contributed by atoms with E-state index in [1.54, 1.807) is 7.11 Å². The van der Waals surface area contributed by atoms with Crippen molar-refractivity contribution in [3.63, 3.8) is 0 Å². The highest BCUT2D eigenvalue weighted by molar-refractivity contribution is 5.96. The molecule has 30 heavy (non-hydrogen) atoms. The zero-order valence-corrected chi connectivity index (χ0v) is 17.1. The highest BCUT2D eigenvalue weighted by Crippen LogP contribution is 2.24. The molecule has 0 radical (unpaired) electrons. The number of anilines is 1. The zero-order chi connectivity index (χ0) is 20.9. The molecule has 158 valence electrons. The van der Waals surface area contributed by atoms with E-state index in [1.807, 2.05) is 12.1 Å². The Hall–Kier alpha value is -2.97. The van der Waals surface area contributed by atoms with Gasteiger partial charge < -0.3 is 25.0 Å². The highest BCUT2D eigenvalue weighted by Gasteiger charge is 2.21. The largest absolute Gasteiger partial charge is 0.497 e. The summed E-state index contributed by atoms with van der Waals surface area (Å²) >= 11 is 0. The van der Waals surface area contributed by atoms with Gasteiger partial charge in [-0.25, -0.2) is 9.97 Å². The van der Waals surface area contributed by atoms with Gasteiger partial charge in [0.15, 0.2) is 5.78 Å². The Morgan fingerprint density at radius 1 is 1.30 bits per heavy atom. The van der Waals surface area contributed by atoms with Gasteiger partial charge in [0.2, 0.25) is 5.95 Å². The molecule has 0 saturated carbocycles. The van der Waals surface area contributed by atoms with E-state index in [0.29, 0.717) is 17.4 Å². The van der Waals surface area contributed by atoms with Crippen LogP contribution in [0.25, 0.3) is 10.9 Å². The lowest BCUT2D eigenvalue weighted by molar-refractivity contribution is 0.0903. The number of piperidine rings is 1. The van der Waals surface area contributed by atoms with Crippen LogP contribution in [0.3, 0.4) is 0 Å². The molecule has 1 fully saturated rings. The molecular weight excluding hydrogens is 382 g/mol. The average molecular weight is 409 g/mol. The van der Waals surface area contributed by atoms with Crippen molar-refractivity contribution in [1.29, 1.82) is 0 Å². The number of benzene rings is 1. The van der Waals surface area contributed by atoms with Gasteiger partial charge in [-0.15, -0.1) is 0 Å². The van der Waals surface area contributed by atoms with Crippen LogP contribution in [0.4, 0.5) is 5.95 Å². The lowest BCUT2D eigenvalue weighted by Gasteiger charge is -2.32. The van der Waals surface area contributed by atoms with Crippen LogP contribution in [0.5, 0.6) is 5.75 Å². The molecule has 0 unspecified atom stereocenters. The van der Waals surface area contributed by atoms with Gasteiger partial charge in [0.05, 0.1) is 12.7 Å². The second-order valence-electron chi connectivity index (χ2n) is 7.64. The van der Waals surface area contributed by atoms with E-state index in [4.69, 9.17) is 9.84 Å². The van der Waals surface area contributed by atoms with Crippen molar-refractivity contribution in [3.05, 3.63) is 47.9 Å². The summed E-state index contributed by atoms with van der Waals surface area (Å²) in [5, 5.41) is 13.7. The molecule has 1 saturated heterocycles. The maximum Gasteiger partial charge on any atom is 0.225 e. The molecule has 3 N–H and O–H groups in total. The van der Waals surface area contributed by atoms with Gasteiger partial charge in [0.25, 0.3) is 0 Å². The number of aliphatic hydroxyl groups is 1. The van der Waals surface area contributed by atoms with E-state index in [2.05, 4.69) is 37.4 Å². The first kappa shape index (κ1) is 20.3. The summed E-state index contributed by atoms with van der Waals surface area (Å²) in [6, 6.07) is 6.08. The van der Waals surface area contributed by atoms with Gasteiger partial charge in [-0.05, 0) is 49.1 Å². The predicted molar refractivity (Wildman–Crippen MR) is 115 cm³/mol. The summed E-state index contributed by atoms with van der Waals surface area (Å²) < 4.78 is 5.34. The van der Waals surface area contributed by atoms with Crippen LogP contribution < -0.4 is 15.0 Å². The van der Waals surface area contributed by atoms with Gasteiger partial charge in [-0.3, -0.25) is 4.79 Å². The fourth-order valence-electron chi connectivity index (χ4n) is 3.90. The average Bonchev–Trinajstić information content (AvgIpc) is 3.21. The molecule has 0 amide bonds. The Labute approximate surface area is 175 Å². The number of methoxy groups -OCH3 is 1. The molecule has 0 aliphatic carbocycles. The summed E-state index contributed by atoms with van der Waals surface area (Å²) in [5.41, 5.74) is 2.70. The lowest BCUT2D eigenvalue weighted by Crippen LogP contribution is -2.38. The first-order valence-corrected chi connectivity index (χ1v) is 10.2. The molecule has 3 aromatic rings. The second kappa shape index (κ2) is 9.23. The standard InChI is InChI=1S/C22H27N5O3/c1-30-18-2-3-20-19(8-18)16(11-24-20)10-23-9-15-4-6-27(7-5-15)22-25-12-17(13-26-22)21(29)14-28/h2-3,8,11-13,15,23-24,28H,4-7,9-10,14H2,1H3. The van der Waals surface area contributed by atoms with E-state index in [1.165, 1.54) is 23.3 Å². The van der Waals surface area contributed by atoms with Gasteiger partial charge in [0, 0.05) is 49.1 Å². The number of rotatable bonds is 8. The molecule has 1 aliphatic heterocycles. The van der Waals surface area contributed by atoms with Crippen molar-refractivity contribution in [2.75, 3.05) is 38.3 Å². The van der Waals surface area contributed by atoms with Gasteiger partial charge >= 0.3 is 0 Å². The Morgan fingerprint density at radius 3 is 2.77 bits per heavy atom. The van der Waals surface area contributed by atoms with Crippen LogP contribution in [0.15, 0.2) is 36.8 Å². The molecule has 0 bridgehead atoms. The molecule has 8 nitrogen and oxygen atoms in total. The van der Waals surface area contributed by atoms with E-state index in [9.17, 15) is 4.79 Å². The molecule has 0 spiro atoms. The number of Topliss-reactive ketones (excluding diaryl/α,β-unsaturated/α-hetero) is 1. The van der Waals surface area contributed by atoms with Crippen molar-refractivity contribution in [2.45, 2.75) is 19.4 Å². The van der Waals surface area contributed by atoms with Crippen LogP contribution >= 0.6 is 0 Å². The molecule has 8 heteroatoms. The molecule has 1 aliphatic rings. The molecule has 1 aromatic carbocycles. The summed E-state index contributed by atoms with van der Waals surface area (Å²) in [4.78, 5) is 25.5. The number of fused-ring (bicyclic) bond motifs is 1. The van der Waals surface area contributed by atoms with E-state index in [-0.39, 0.29) is 5.78 Å². The quantitative estimate of drug-likeness (QED) is 0.490. The highest BCUT2D eigenvalue weighted by atomic mass is 16.5. The van der Waals surface area contributed by atoms with Crippen molar-refractivity contribution >= 4 is 22.6 Å². The van der Waals surface area contributed by atoms with Crippen molar-refractivity contribution in [1.82, 2.24) is 20.3 Å². The zero-order valence-electron chi connectivity index (χ0n) is 17.1. The number of aromatic nitrogens is 3. The van der Waals surface area contributed by atoms with Crippen LogP contribution in [0, 0.1) is 5.92 Å². The topological polar surface area (TPSA) is 103 Å². The first-order valence-electron chi connectivity index (χ1n) is 10.2. The number of nitrogens with one attached hydrogen (secondary N) is 2. The van der Waals surface area contributed by atoms with Crippen LogP contribution in [0.1, 0.15) is 28.8 Å². The number of H-pyrrole nitrogens is 1. The maximum atomic E-state index is 11.5. The maximum absolute atomic E-state index is 11.5. The number of ether oxygens (including phenoxy) is 1. The number of carbonyl (C=O) groups is 1. The first-order chi connectivity index (χ1) is 14.7. The summed E-state index contributed by atoms with van der Waals surface area (Å²) in [6.45, 7) is 3.05. The van der Waals surface area contributed by atoms with Gasteiger partial charge in [-0.1, -0.05) is 0 Å². The minimum absolute atomic E-state index is 0.343. The minimum atomic E-state index is -0.521. The fraction of sp³-hybridized carbons (Fsp3) is 0.409. The number of aromatic amines is 1.